The first-order chi connectivity index (χ1) is 10.0. The molecule has 1 heterocycles. The molecular formula is C14H12ClN3O3. The third-order valence-electron chi connectivity index (χ3n) is 2.96. The number of nitriles is 1. The number of carbonyl (C=O) groups excluding carboxylic acids is 1. The van der Waals surface area contributed by atoms with Gasteiger partial charge in [0, 0.05) is 12.3 Å². The first-order valence-corrected chi connectivity index (χ1v) is 6.24. The Morgan fingerprint density at radius 3 is 2.67 bits per heavy atom. The van der Waals surface area contributed by atoms with Crippen molar-refractivity contribution in [2.45, 2.75) is 0 Å². The van der Waals surface area contributed by atoms with Crippen LogP contribution in [0.1, 0.15) is 16.1 Å². The van der Waals surface area contributed by atoms with Crippen LogP contribution in [-0.4, -0.2) is 24.8 Å². The highest BCUT2D eigenvalue weighted by Gasteiger charge is 2.22. The number of ether oxygens (including phenoxy) is 2. The molecule has 0 saturated carbocycles. The number of nitrogens with two attached hydrogens (primary N) is 1. The van der Waals surface area contributed by atoms with E-state index in [9.17, 15) is 4.79 Å². The van der Waals surface area contributed by atoms with Gasteiger partial charge in [-0.2, -0.15) is 5.26 Å². The molecule has 0 aliphatic rings. The fourth-order valence-corrected chi connectivity index (χ4v) is 2.18. The molecule has 0 saturated heterocycles. The Balaban J connectivity index is 2.69. The van der Waals surface area contributed by atoms with Gasteiger partial charge in [0.15, 0.2) is 5.69 Å². The lowest BCUT2D eigenvalue weighted by Gasteiger charge is -2.11. The number of hydrogen-bond donors (Lipinski definition) is 1. The van der Waals surface area contributed by atoms with E-state index in [1.165, 1.54) is 25.0 Å². The number of methoxy groups -OCH3 is 2. The molecule has 2 aromatic rings. The number of halogens is 1. The van der Waals surface area contributed by atoms with Crippen LogP contribution < -0.4 is 10.5 Å². The predicted octanol–water partition coefficient (Wildman–Crippen LogP) is 2.38. The Hall–Kier alpha value is -2.65. The van der Waals surface area contributed by atoms with Crippen LogP contribution in [0.3, 0.4) is 0 Å². The lowest BCUT2D eigenvalue weighted by molar-refractivity contribution is 0.0593. The van der Waals surface area contributed by atoms with Gasteiger partial charge in [0.05, 0.1) is 36.2 Å². The molecule has 2 rings (SSSR count). The number of rotatable bonds is 3. The van der Waals surface area contributed by atoms with Crippen molar-refractivity contribution >= 4 is 23.3 Å². The van der Waals surface area contributed by atoms with E-state index in [1.54, 1.807) is 18.2 Å². The number of carbonyl (C=O) groups is 1. The van der Waals surface area contributed by atoms with E-state index in [0.717, 1.165) is 0 Å². The fraction of sp³-hybridized carbons (Fsp3) is 0.143. The second-order valence-corrected chi connectivity index (χ2v) is 4.50. The second-order valence-electron chi connectivity index (χ2n) is 4.10. The molecule has 0 spiro atoms. The Bertz CT molecular complexity index is 747. The number of benzene rings is 1. The molecule has 21 heavy (non-hydrogen) atoms. The maximum Gasteiger partial charge on any atom is 0.357 e. The first kappa shape index (κ1) is 14.8. The van der Waals surface area contributed by atoms with Crippen LogP contribution in [0.15, 0.2) is 24.4 Å². The van der Waals surface area contributed by atoms with Crippen LogP contribution in [-0.2, 0) is 4.74 Å². The summed E-state index contributed by atoms with van der Waals surface area (Å²) >= 11 is 6.19. The van der Waals surface area contributed by atoms with Crippen molar-refractivity contribution in [2.75, 3.05) is 20.0 Å². The Kier molecular flexibility index (Phi) is 4.05. The molecule has 1 aromatic heterocycles. The van der Waals surface area contributed by atoms with Gasteiger partial charge in [0.2, 0.25) is 0 Å². The fourth-order valence-electron chi connectivity index (χ4n) is 1.91. The van der Waals surface area contributed by atoms with E-state index >= 15 is 0 Å². The number of aromatic nitrogens is 1. The minimum atomic E-state index is -0.652. The molecule has 6 nitrogen and oxygen atoms in total. The van der Waals surface area contributed by atoms with Crippen LogP contribution in [0.4, 0.5) is 5.69 Å². The van der Waals surface area contributed by atoms with Crippen LogP contribution in [0.25, 0.3) is 5.69 Å². The van der Waals surface area contributed by atoms with Gasteiger partial charge in [0.1, 0.15) is 11.8 Å². The zero-order valence-corrected chi connectivity index (χ0v) is 12.1. The van der Waals surface area contributed by atoms with Crippen LogP contribution in [0.2, 0.25) is 5.02 Å². The van der Waals surface area contributed by atoms with E-state index in [2.05, 4.69) is 0 Å². The lowest BCUT2D eigenvalue weighted by Crippen LogP contribution is -2.11. The van der Waals surface area contributed by atoms with Gasteiger partial charge in [-0.3, -0.25) is 0 Å². The van der Waals surface area contributed by atoms with E-state index in [1.807, 2.05) is 6.07 Å². The Labute approximate surface area is 126 Å². The Morgan fingerprint density at radius 1 is 1.43 bits per heavy atom. The van der Waals surface area contributed by atoms with Gasteiger partial charge in [0.25, 0.3) is 0 Å². The largest absolute Gasteiger partial charge is 0.497 e. The van der Waals surface area contributed by atoms with E-state index in [-0.39, 0.29) is 16.9 Å². The molecule has 0 fully saturated rings. The minimum Gasteiger partial charge on any atom is -0.497 e. The normalized spacial score (nSPS) is 10.0. The third-order valence-corrected chi connectivity index (χ3v) is 3.26. The SMILES string of the molecule is COC(=O)c1c(N)c(C#N)cn1-c1ccc(OC)cc1Cl. The quantitative estimate of drug-likeness (QED) is 0.879. The molecule has 0 amide bonds. The lowest BCUT2D eigenvalue weighted by atomic mass is 10.2. The number of nitrogen functional groups attached to an aromatic ring is 1. The number of hydrogen-bond acceptors (Lipinski definition) is 5. The summed E-state index contributed by atoms with van der Waals surface area (Å²) in [6.45, 7) is 0. The van der Waals surface area contributed by atoms with E-state index in [0.29, 0.717) is 16.5 Å². The van der Waals surface area contributed by atoms with Gasteiger partial charge in [-0.15, -0.1) is 0 Å². The smallest absolute Gasteiger partial charge is 0.357 e. The molecule has 0 aliphatic carbocycles. The van der Waals surface area contributed by atoms with Crippen LogP contribution in [0.5, 0.6) is 5.75 Å². The van der Waals surface area contributed by atoms with Gasteiger partial charge >= 0.3 is 5.97 Å². The molecule has 0 aliphatic heterocycles. The topological polar surface area (TPSA) is 90.3 Å². The molecule has 0 bridgehead atoms. The van der Waals surface area contributed by atoms with Crippen molar-refractivity contribution in [3.05, 3.63) is 40.7 Å². The van der Waals surface area contributed by atoms with E-state index < -0.39 is 5.97 Å². The van der Waals surface area contributed by atoms with Gasteiger partial charge < -0.3 is 19.8 Å². The van der Waals surface area contributed by atoms with Crippen molar-refractivity contribution in [2.24, 2.45) is 0 Å². The highest BCUT2D eigenvalue weighted by molar-refractivity contribution is 6.32. The van der Waals surface area contributed by atoms with E-state index in [4.69, 9.17) is 32.1 Å². The maximum atomic E-state index is 11.9. The van der Waals surface area contributed by atoms with Crippen molar-refractivity contribution < 1.29 is 14.3 Å². The van der Waals surface area contributed by atoms with Gasteiger partial charge in [-0.25, -0.2) is 4.79 Å². The number of anilines is 1. The highest BCUT2D eigenvalue weighted by Crippen LogP contribution is 2.30. The minimum absolute atomic E-state index is 0.0521. The van der Waals surface area contributed by atoms with Crippen molar-refractivity contribution in [3.63, 3.8) is 0 Å². The summed E-state index contributed by atoms with van der Waals surface area (Å²) in [5, 5.41) is 9.41. The maximum absolute atomic E-state index is 11.9. The molecular weight excluding hydrogens is 294 g/mol. The summed E-state index contributed by atoms with van der Waals surface area (Å²) in [7, 11) is 2.76. The summed E-state index contributed by atoms with van der Waals surface area (Å²) in [5.74, 6) is -0.0788. The third kappa shape index (κ3) is 2.51. The molecule has 7 heteroatoms. The van der Waals surface area contributed by atoms with Crippen LogP contribution >= 0.6 is 11.6 Å². The monoisotopic (exact) mass is 305 g/mol. The summed E-state index contributed by atoms with van der Waals surface area (Å²) in [6, 6.07) is 6.87. The number of nitrogens with zero attached hydrogens (tertiary/aromatic N) is 2. The van der Waals surface area contributed by atoms with Gasteiger partial charge in [-0.1, -0.05) is 11.6 Å². The predicted molar refractivity (Wildman–Crippen MR) is 77.8 cm³/mol. The zero-order chi connectivity index (χ0) is 15.6. The average molecular weight is 306 g/mol. The summed E-state index contributed by atoms with van der Waals surface area (Å²) in [5.41, 5.74) is 6.59. The second kappa shape index (κ2) is 5.77. The number of esters is 1. The summed E-state index contributed by atoms with van der Waals surface area (Å²) < 4.78 is 11.2. The van der Waals surface area contributed by atoms with Crippen molar-refractivity contribution in [1.29, 1.82) is 5.26 Å². The van der Waals surface area contributed by atoms with Crippen molar-refractivity contribution in [3.8, 4) is 17.5 Å². The van der Waals surface area contributed by atoms with Crippen LogP contribution in [0, 0.1) is 11.3 Å². The summed E-state index contributed by atoms with van der Waals surface area (Å²) in [4.78, 5) is 11.9. The molecule has 2 N–H and O–H groups in total. The summed E-state index contributed by atoms with van der Waals surface area (Å²) in [6.07, 6.45) is 1.44. The highest BCUT2D eigenvalue weighted by atomic mass is 35.5. The molecule has 0 unspecified atom stereocenters. The Morgan fingerprint density at radius 2 is 2.14 bits per heavy atom. The molecule has 0 atom stereocenters. The zero-order valence-electron chi connectivity index (χ0n) is 11.4. The average Bonchev–Trinajstić information content (AvgIpc) is 2.82. The van der Waals surface area contributed by atoms with Crippen molar-refractivity contribution in [1.82, 2.24) is 4.57 Å². The molecule has 0 radical (unpaired) electrons. The standard InChI is InChI=1S/C14H12ClN3O3/c1-20-9-3-4-11(10(15)5-9)18-7-8(6-16)12(17)13(18)14(19)21-2/h3-5,7H,17H2,1-2H3. The first-order valence-electron chi connectivity index (χ1n) is 5.86. The molecule has 108 valence electrons. The van der Waals surface area contributed by atoms with Gasteiger partial charge in [-0.05, 0) is 12.1 Å². The molecule has 1 aromatic carbocycles.